The molecule has 162 valence electrons. The van der Waals surface area contributed by atoms with Crippen molar-refractivity contribution in [2.75, 3.05) is 37.0 Å². The van der Waals surface area contributed by atoms with Crippen LogP contribution in [0.2, 0.25) is 0 Å². The fourth-order valence-electron chi connectivity index (χ4n) is 4.68. The van der Waals surface area contributed by atoms with Gasteiger partial charge in [0.2, 0.25) is 5.91 Å². The van der Waals surface area contributed by atoms with E-state index in [0.717, 1.165) is 12.2 Å². The molecule has 0 aromatic heterocycles. The molecule has 0 unspecified atom stereocenters. The van der Waals surface area contributed by atoms with E-state index in [-0.39, 0.29) is 30.0 Å². The summed E-state index contributed by atoms with van der Waals surface area (Å²) >= 11 is 0. The first kappa shape index (κ1) is 22.1. The molecule has 2 aliphatic rings. The number of carbonyl (C=O) groups excluding carboxylic acids is 1. The SMILES string of the molecule is CCN(C(=O)CNc1ccccc1CN(C)C1CCCCC1)[C@H]1CCS(=O)(=O)C1. The molecule has 1 N–H and O–H groups in total. The predicted molar refractivity (Wildman–Crippen MR) is 118 cm³/mol. The van der Waals surface area contributed by atoms with E-state index in [9.17, 15) is 13.2 Å². The number of hydrogen-bond donors (Lipinski definition) is 1. The molecule has 1 atom stereocenters. The minimum absolute atomic E-state index is 0.0370. The van der Waals surface area contributed by atoms with Crippen LogP contribution in [0.1, 0.15) is 51.0 Å². The van der Waals surface area contributed by atoms with E-state index in [1.165, 1.54) is 37.7 Å². The lowest BCUT2D eigenvalue weighted by Gasteiger charge is -2.32. The van der Waals surface area contributed by atoms with Crippen LogP contribution >= 0.6 is 0 Å². The predicted octanol–water partition coefficient (Wildman–Crippen LogP) is 2.90. The maximum absolute atomic E-state index is 12.8. The maximum Gasteiger partial charge on any atom is 0.242 e. The average molecular weight is 422 g/mol. The molecule has 3 rings (SSSR count). The smallest absolute Gasteiger partial charge is 0.242 e. The molecule has 1 aromatic carbocycles. The van der Waals surface area contributed by atoms with E-state index < -0.39 is 9.84 Å². The molecule has 1 amide bonds. The van der Waals surface area contributed by atoms with Gasteiger partial charge in [0.25, 0.3) is 0 Å². The van der Waals surface area contributed by atoms with Crippen LogP contribution in [0.15, 0.2) is 24.3 Å². The van der Waals surface area contributed by atoms with Gasteiger partial charge in [-0.05, 0) is 44.9 Å². The molecule has 1 aliphatic carbocycles. The first-order valence-corrected chi connectivity index (χ1v) is 12.7. The van der Waals surface area contributed by atoms with Crippen LogP contribution in [-0.2, 0) is 21.2 Å². The van der Waals surface area contributed by atoms with Crippen LogP contribution < -0.4 is 5.32 Å². The molecule has 1 aliphatic heterocycles. The van der Waals surface area contributed by atoms with E-state index in [4.69, 9.17) is 0 Å². The standard InChI is InChI=1S/C22H35N3O3S/c1-3-25(20-13-14-29(27,28)17-20)22(26)15-23-21-12-8-7-9-18(21)16-24(2)19-10-5-4-6-11-19/h7-9,12,19-20,23H,3-6,10-11,13-17H2,1-2H3/t20-/m0/s1. The number of anilines is 1. The van der Waals surface area contributed by atoms with Crippen molar-refractivity contribution in [1.82, 2.24) is 9.80 Å². The number of carbonyl (C=O) groups is 1. The fraction of sp³-hybridized carbons (Fsp3) is 0.682. The van der Waals surface area contributed by atoms with Crippen LogP contribution in [0.3, 0.4) is 0 Å². The van der Waals surface area contributed by atoms with E-state index in [0.29, 0.717) is 19.0 Å². The number of likely N-dealkylation sites (N-methyl/N-ethyl adjacent to an activating group) is 1. The number of hydrogen-bond acceptors (Lipinski definition) is 5. The summed E-state index contributed by atoms with van der Waals surface area (Å²) < 4.78 is 23.6. The van der Waals surface area contributed by atoms with E-state index in [2.05, 4.69) is 23.3 Å². The van der Waals surface area contributed by atoms with Crippen LogP contribution in [0.4, 0.5) is 5.69 Å². The van der Waals surface area contributed by atoms with Crippen molar-refractivity contribution in [3.8, 4) is 0 Å². The summed E-state index contributed by atoms with van der Waals surface area (Å²) in [7, 11) is -0.810. The van der Waals surface area contributed by atoms with Crippen molar-refractivity contribution in [2.45, 2.75) is 64.1 Å². The monoisotopic (exact) mass is 421 g/mol. The number of rotatable bonds is 8. The Balaban J connectivity index is 1.59. The molecule has 0 radical (unpaired) electrons. The minimum atomic E-state index is -3.00. The van der Waals surface area contributed by atoms with Gasteiger partial charge in [0.15, 0.2) is 9.84 Å². The highest BCUT2D eigenvalue weighted by molar-refractivity contribution is 7.91. The number of nitrogens with zero attached hydrogens (tertiary/aromatic N) is 2. The van der Waals surface area contributed by atoms with Gasteiger partial charge in [-0.1, -0.05) is 37.5 Å². The third kappa shape index (κ3) is 5.95. The molecular weight excluding hydrogens is 386 g/mol. The van der Waals surface area contributed by atoms with Crippen LogP contribution in [0, 0.1) is 0 Å². The van der Waals surface area contributed by atoms with Crippen LogP contribution in [0.25, 0.3) is 0 Å². The number of sulfone groups is 1. The Morgan fingerprint density at radius 2 is 1.83 bits per heavy atom. The third-order valence-electron chi connectivity index (χ3n) is 6.38. The van der Waals surface area contributed by atoms with Crippen molar-refractivity contribution in [1.29, 1.82) is 0 Å². The zero-order chi connectivity index (χ0) is 20.9. The Hall–Kier alpha value is -1.60. The lowest BCUT2D eigenvalue weighted by molar-refractivity contribution is -0.130. The maximum atomic E-state index is 12.8. The molecule has 0 bridgehead atoms. The van der Waals surface area contributed by atoms with Crippen LogP contribution in [-0.4, -0.2) is 67.9 Å². The average Bonchev–Trinajstić information content (AvgIpc) is 3.08. The molecule has 1 heterocycles. The molecule has 2 fully saturated rings. The number of benzene rings is 1. The van der Waals surface area contributed by atoms with Gasteiger partial charge in [0.1, 0.15) is 0 Å². The Bertz CT molecular complexity index is 790. The summed E-state index contributed by atoms with van der Waals surface area (Å²) in [5.41, 5.74) is 2.18. The quantitative estimate of drug-likeness (QED) is 0.699. The molecule has 1 saturated heterocycles. The van der Waals surface area contributed by atoms with Gasteiger partial charge in [-0.15, -0.1) is 0 Å². The molecular formula is C22H35N3O3S. The highest BCUT2D eigenvalue weighted by Gasteiger charge is 2.33. The zero-order valence-electron chi connectivity index (χ0n) is 17.8. The summed E-state index contributed by atoms with van der Waals surface area (Å²) in [5, 5.41) is 3.31. The fourth-order valence-corrected chi connectivity index (χ4v) is 6.41. The summed E-state index contributed by atoms with van der Waals surface area (Å²) in [5.74, 6) is 0.241. The second kappa shape index (κ2) is 9.94. The zero-order valence-corrected chi connectivity index (χ0v) is 18.6. The second-order valence-corrected chi connectivity index (χ2v) is 10.7. The molecule has 1 aromatic rings. The number of nitrogens with one attached hydrogen (secondary N) is 1. The second-order valence-electron chi connectivity index (χ2n) is 8.45. The topological polar surface area (TPSA) is 69.7 Å². The largest absolute Gasteiger partial charge is 0.376 e. The molecule has 29 heavy (non-hydrogen) atoms. The number of amides is 1. The van der Waals surface area contributed by atoms with Crippen molar-refractivity contribution >= 4 is 21.4 Å². The summed E-state index contributed by atoms with van der Waals surface area (Å²) in [6.45, 7) is 3.50. The highest BCUT2D eigenvalue weighted by Crippen LogP contribution is 2.25. The Morgan fingerprint density at radius 1 is 1.10 bits per heavy atom. The van der Waals surface area contributed by atoms with E-state index >= 15 is 0 Å². The summed E-state index contributed by atoms with van der Waals surface area (Å²) in [6.07, 6.45) is 7.05. The van der Waals surface area contributed by atoms with E-state index in [1.54, 1.807) is 4.90 Å². The van der Waals surface area contributed by atoms with Crippen molar-refractivity contribution in [3.63, 3.8) is 0 Å². The molecule has 7 heteroatoms. The summed E-state index contributed by atoms with van der Waals surface area (Å²) in [6, 6.07) is 8.61. The van der Waals surface area contributed by atoms with Gasteiger partial charge in [0, 0.05) is 30.9 Å². The van der Waals surface area contributed by atoms with Crippen molar-refractivity contribution in [2.24, 2.45) is 0 Å². The van der Waals surface area contributed by atoms with Gasteiger partial charge >= 0.3 is 0 Å². The van der Waals surface area contributed by atoms with Gasteiger partial charge in [-0.2, -0.15) is 0 Å². The van der Waals surface area contributed by atoms with E-state index in [1.807, 2.05) is 25.1 Å². The Kier molecular flexibility index (Phi) is 7.57. The molecule has 1 saturated carbocycles. The first-order valence-electron chi connectivity index (χ1n) is 10.9. The first-order chi connectivity index (χ1) is 13.9. The van der Waals surface area contributed by atoms with Crippen molar-refractivity contribution in [3.05, 3.63) is 29.8 Å². The van der Waals surface area contributed by atoms with Gasteiger partial charge < -0.3 is 10.2 Å². The molecule has 6 nitrogen and oxygen atoms in total. The minimum Gasteiger partial charge on any atom is -0.376 e. The normalized spacial score (nSPS) is 22.0. The van der Waals surface area contributed by atoms with Crippen LogP contribution in [0.5, 0.6) is 0 Å². The molecule has 0 spiro atoms. The van der Waals surface area contributed by atoms with Crippen molar-refractivity contribution < 1.29 is 13.2 Å². The number of para-hydroxylation sites is 1. The third-order valence-corrected chi connectivity index (χ3v) is 8.13. The highest BCUT2D eigenvalue weighted by atomic mass is 32.2. The Labute approximate surface area is 175 Å². The summed E-state index contributed by atoms with van der Waals surface area (Å²) in [4.78, 5) is 16.9. The lowest BCUT2D eigenvalue weighted by Crippen LogP contribution is -2.43. The van der Waals surface area contributed by atoms with Gasteiger partial charge in [-0.3, -0.25) is 9.69 Å². The van der Waals surface area contributed by atoms with Gasteiger partial charge in [-0.25, -0.2) is 8.42 Å². The lowest BCUT2D eigenvalue weighted by atomic mass is 9.94. The Morgan fingerprint density at radius 3 is 2.48 bits per heavy atom. The van der Waals surface area contributed by atoms with Gasteiger partial charge in [0.05, 0.1) is 18.1 Å².